The van der Waals surface area contributed by atoms with Gasteiger partial charge in [-0.15, -0.1) is 0 Å². The molecule has 2 aliphatic rings. The lowest BCUT2D eigenvalue weighted by molar-refractivity contribution is 0.342. The smallest absolute Gasteiger partial charge is 0.225 e. The van der Waals surface area contributed by atoms with Gasteiger partial charge in [-0.3, -0.25) is 9.71 Å². The Hall–Kier alpha value is -1.69. The van der Waals surface area contributed by atoms with Gasteiger partial charge >= 0.3 is 0 Å². The van der Waals surface area contributed by atoms with Crippen LogP contribution in [0.1, 0.15) is 32.6 Å². The summed E-state index contributed by atoms with van der Waals surface area (Å²) in [4.78, 5) is 5.67. The van der Waals surface area contributed by atoms with Gasteiger partial charge in [0.25, 0.3) is 0 Å². The molecule has 3 N–H and O–H groups in total. The minimum absolute atomic E-state index is 0.280. The average molecular weight is 317 g/mol. The number of aliphatic imine (C=N–C) groups is 1. The largest absolute Gasteiger partial charge is 0.399 e. The van der Waals surface area contributed by atoms with Crippen molar-refractivity contribution in [1.82, 2.24) is 9.73 Å². The molecule has 1 aliphatic heterocycles. The lowest BCUT2D eigenvalue weighted by Gasteiger charge is -2.23. The Morgan fingerprint density at radius 3 is 2.77 bits per heavy atom. The molecule has 1 fully saturated rings. The highest BCUT2D eigenvalue weighted by Gasteiger charge is 2.39. The number of hydrogen-bond acceptors (Lipinski definition) is 4. The van der Waals surface area contributed by atoms with Gasteiger partial charge in [0.2, 0.25) is 5.96 Å². The molecular weight excluding hydrogens is 294 g/mol. The molecule has 118 valence electrons. The monoisotopic (exact) mass is 317 g/mol. The number of nitrogens with zero attached hydrogens (tertiary/aromatic N) is 3. The maximum Gasteiger partial charge on any atom is 0.225 e. The third kappa shape index (κ3) is 3.38. The van der Waals surface area contributed by atoms with Gasteiger partial charge in [-0.2, -0.15) is 5.10 Å². The van der Waals surface area contributed by atoms with E-state index in [9.17, 15) is 0 Å². The summed E-state index contributed by atoms with van der Waals surface area (Å²) in [6, 6.07) is 7.81. The summed E-state index contributed by atoms with van der Waals surface area (Å²) in [6.45, 7) is 3.73. The summed E-state index contributed by atoms with van der Waals surface area (Å²) in [5.74, 6) is 0.837. The van der Waals surface area contributed by atoms with Crippen LogP contribution in [0.5, 0.6) is 0 Å². The van der Waals surface area contributed by atoms with E-state index in [1.165, 1.54) is 25.7 Å². The van der Waals surface area contributed by atoms with Crippen LogP contribution in [-0.4, -0.2) is 30.3 Å². The molecule has 1 aromatic carbocycles. The highest BCUT2D eigenvalue weighted by atomic mass is 32.2. The Kier molecular flexibility index (Phi) is 4.57. The van der Waals surface area contributed by atoms with Crippen molar-refractivity contribution < 1.29 is 0 Å². The maximum atomic E-state index is 5.72. The van der Waals surface area contributed by atoms with Crippen LogP contribution in [-0.2, 0) is 0 Å². The third-order valence-corrected chi connectivity index (χ3v) is 5.02. The van der Waals surface area contributed by atoms with E-state index in [0.717, 1.165) is 29.6 Å². The summed E-state index contributed by atoms with van der Waals surface area (Å²) in [6.07, 6.45) is 7.26. The van der Waals surface area contributed by atoms with Crippen molar-refractivity contribution in [2.45, 2.75) is 37.5 Å². The predicted molar refractivity (Wildman–Crippen MR) is 93.9 cm³/mol. The number of hydrogen-bond donors (Lipinski definition) is 2. The minimum Gasteiger partial charge on any atom is -0.399 e. The first-order valence-electron chi connectivity index (χ1n) is 7.86. The topological polar surface area (TPSA) is 66.0 Å². The molecular formula is C16H23N5S. The molecule has 0 unspecified atom stereocenters. The van der Waals surface area contributed by atoms with Gasteiger partial charge in [-0.05, 0) is 56.0 Å². The van der Waals surface area contributed by atoms with Crippen LogP contribution in [0.2, 0.25) is 0 Å². The van der Waals surface area contributed by atoms with Crippen molar-refractivity contribution >= 4 is 29.8 Å². The van der Waals surface area contributed by atoms with Crippen LogP contribution >= 0.6 is 11.9 Å². The number of rotatable bonds is 3. The average Bonchev–Trinajstić information content (AvgIpc) is 3.16. The summed E-state index contributed by atoms with van der Waals surface area (Å²) in [7, 11) is 0. The molecule has 0 atom stereocenters. The van der Waals surface area contributed by atoms with Gasteiger partial charge in [-0.25, -0.2) is 5.01 Å². The van der Waals surface area contributed by atoms with E-state index in [1.54, 1.807) is 11.9 Å². The van der Waals surface area contributed by atoms with Crippen molar-refractivity contribution in [3.8, 4) is 0 Å². The van der Waals surface area contributed by atoms with Crippen LogP contribution in [0.15, 0.2) is 39.3 Å². The fourth-order valence-corrected chi connectivity index (χ4v) is 3.68. The zero-order valence-electron chi connectivity index (χ0n) is 13.0. The summed E-state index contributed by atoms with van der Waals surface area (Å²) >= 11 is 1.54. The van der Waals surface area contributed by atoms with Crippen molar-refractivity contribution in [3.05, 3.63) is 24.3 Å². The maximum absolute atomic E-state index is 5.72. The number of anilines is 1. The van der Waals surface area contributed by atoms with E-state index in [2.05, 4.69) is 21.0 Å². The molecule has 1 aromatic rings. The second-order valence-corrected chi connectivity index (χ2v) is 6.82. The Labute approximate surface area is 136 Å². The van der Waals surface area contributed by atoms with Gasteiger partial charge in [0.15, 0.2) is 0 Å². The normalized spacial score (nSPS) is 20.0. The second kappa shape index (κ2) is 6.60. The standard InChI is InChI=1S/C16H23N5S/c1-2-18-15(20-22-14-7-5-13(17)6-8-14)21-12-16(11-19-21)9-3-4-10-16/h5-8,11H,2-4,9-10,12,17H2,1H3,(H,18,20). The molecule has 6 heteroatoms. The van der Waals surface area contributed by atoms with E-state index >= 15 is 0 Å². The van der Waals surface area contributed by atoms with Gasteiger partial charge in [-0.1, -0.05) is 12.8 Å². The molecule has 1 heterocycles. The van der Waals surface area contributed by atoms with E-state index in [4.69, 9.17) is 5.73 Å². The van der Waals surface area contributed by atoms with Crippen LogP contribution in [0.3, 0.4) is 0 Å². The lowest BCUT2D eigenvalue weighted by Crippen LogP contribution is -2.37. The third-order valence-electron chi connectivity index (χ3n) is 4.23. The Bertz CT molecular complexity index is 560. The van der Waals surface area contributed by atoms with Gasteiger partial charge in [0.05, 0.1) is 6.54 Å². The van der Waals surface area contributed by atoms with Crippen molar-refractivity contribution in [2.24, 2.45) is 15.5 Å². The first kappa shape index (κ1) is 15.2. The van der Waals surface area contributed by atoms with E-state index in [-0.39, 0.29) is 5.41 Å². The molecule has 1 spiro atoms. The number of hydrazone groups is 1. The molecule has 0 aromatic heterocycles. The number of benzene rings is 1. The van der Waals surface area contributed by atoms with E-state index in [0.29, 0.717) is 0 Å². The summed E-state index contributed by atoms with van der Waals surface area (Å²) in [5.41, 5.74) is 6.77. The Morgan fingerprint density at radius 2 is 2.09 bits per heavy atom. The fourth-order valence-electron chi connectivity index (χ4n) is 3.02. The first-order chi connectivity index (χ1) is 10.7. The zero-order valence-corrected chi connectivity index (χ0v) is 13.8. The molecule has 3 rings (SSSR count). The predicted octanol–water partition coefficient (Wildman–Crippen LogP) is 3.10. The van der Waals surface area contributed by atoms with E-state index in [1.807, 2.05) is 36.2 Å². The van der Waals surface area contributed by atoms with Crippen molar-refractivity contribution in [2.75, 3.05) is 18.8 Å². The Balaban J connectivity index is 1.62. The molecule has 22 heavy (non-hydrogen) atoms. The van der Waals surface area contributed by atoms with Crippen molar-refractivity contribution in [3.63, 3.8) is 0 Å². The Morgan fingerprint density at radius 1 is 1.36 bits per heavy atom. The van der Waals surface area contributed by atoms with Gasteiger partial charge in [0, 0.05) is 28.8 Å². The van der Waals surface area contributed by atoms with Gasteiger partial charge < -0.3 is 5.73 Å². The molecule has 1 saturated carbocycles. The molecule has 1 aliphatic carbocycles. The quantitative estimate of drug-likeness (QED) is 0.389. The highest BCUT2D eigenvalue weighted by Crippen LogP contribution is 2.40. The highest BCUT2D eigenvalue weighted by molar-refractivity contribution is 7.98. The molecule has 5 nitrogen and oxygen atoms in total. The zero-order chi connectivity index (χ0) is 15.4. The SMILES string of the molecule is CCN=C(NSc1ccc(N)cc1)N1CC2(C=N1)CCCC2. The lowest BCUT2D eigenvalue weighted by atomic mass is 9.88. The molecule has 0 radical (unpaired) electrons. The number of nitrogen functional groups attached to an aromatic ring is 1. The minimum atomic E-state index is 0.280. The first-order valence-corrected chi connectivity index (χ1v) is 8.68. The van der Waals surface area contributed by atoms with Crippen LogP contribution in [0.4, 0.5) is 5.69 Å². The fraction of sp³-hybridized carbons (Fsp3) is 0.500. The second-order valence-electron chi connectivity index (χ2n) is 5.94. The molecule has 0 amide bonds. The summed E-state index contributed by atoms with van der Waals surface area (Å²) < 4.78 is 3.34. The van der Waals surface area contributed by atoms with Gasteiger partial charge in [0.1, 0.15) is 0 Å². The molecule has 0 saturated heterocycles. The number of nitrogens with one attached hydrogen (secondary N) is 1. The van der Waals surface area contributed by atoms with Crippen LogP contribution < -0.4 is 10.5 Å². The van der Waals surface area contributed by atoms with E-state index < -0.39 is 0 Å². The van der Waals surface area contributed by atoms with Crippen molar-refractivity contribution in [1.29, 1.82) is 0 Å². The number of guanidine groups is 1. The molecule has 0 bridgehead atoms. The van der Waals surface area contributed by atoms with Crippen LogP contribution in [0.25, 0.3) is 0 Å². The number of nitrogens with two attached hydrogens (primary N) is 1. The van der Waals surface area contributed by atoms with Crippen LogP contribution in [0, 0.1) is 5.41 Å². The summed E-state index contributed by atoms with van der Waals surface area (Å²) in [5, 5.41) is 6.61.